The van der Waals surface area contributed by atoms with Gasteiger partial charge in [0.15, 0.2) is 0 Å². The van der Waals surface area contributed by atoms with Gasteiger partial charge in [-0.1, -0.05) is 18.2 Å². The number of amides is 1. The lowest BCUT2D eigenvalue weighted by Gasteiger charge is -2.23. The van der Waals surface area contributed by atoms with Gasteiger partial charge in [0, 0.05) is 30.2 Å². The first-order valence-electron chi connectivity index (χ1n) is 10.6. The first-order valence-corrected chi connectivity index (χ1v) is 10.6. The molecule has 2 aliphatic rings. The quantitative estimate of drug-likeness (QED) is 0.718. The summed E-state index contributed by atoms with van der Waals surface area (Å²) in [5.74, 6) is -0.0714. The molecule has 1 aliphatic heterocycles. The number of aromatic nitrogens is 3. The van der Waals surface area contributed by atoms with Crippen molar-refractivity contribution in [2.75, 3.05) is 13.2 Å². The van der Waals surface area contributed by atoms with E-state index in [9.17, 15) is 9.59 Å². The van der Waals surface area contributed by atoms with Crippen LogP contribution in [0.2, 0.25) is 0 Å². The van der Waals surface area contributed by atoms with Gasteiger partial charge in [-0.05, 0) is 42.9 Å². The van der Waals surface area contributed by atoms with Gasteiger partial charge in [0.1, 0.15) is 6.04 Å². The number of hydrogen-bond acceptors (Lipinski definition) is 4. The minimum Gasteiger partial charge on any atom is -0.377 e. The van der Waals surface area contributed by atoms with E-state index in [1.54, 1.807) is 6.07 Å². The van der Waals surface area contributed by atoms with Gasteiger partial charge < -0.3 is 14.6 Å². The minimum absolute atomic E-state index is 0.0714. The van der Waals surface area contributed by atoms with Crippen molar-refractivity contribution in [1.82, 2.24) is 19.7 Å². The number of rotatable bonds is 4. The predicted molar refractivity (Wildman–Crippen MR) is 114 cm³/mol. The molecule has 2 atom stereocenters. The number of aryl methyl sites for hydroxylation is 3. The van der Waals surface area contributed by atoms with Crippen LogP contribution in [-0.4, -0.2) is 39.5 Å². The third-order valence-corrected chi connectivity index (χ3v) is 6.27. The highest BCUT2D eigenvalue weighted by atomic mass is 16.5. The highest BCUT2D eigenvalue weighted by Crippen LogP contribution is 2.23. The lowest BCUT2D eigenvalue weighted by molar-refractivity contribution is -0.121. The van der Waals surface area contributed by atoms with Crippen molar-refractivity contribution in [3.8, 4) is 0 Å². The van der Waals surface area contributed by atoms with Gasteiger partial charge in [0.25, 0.3) is 5.56 Å². The molecule has 0 radical (unpaired) electrons. The zero-order chi connectivity index (χ0) is 20.7. The molecule has 1 aliphatic carbocycles. The van der Waals surface area contributed by atoms with E-state index in [1.165, 1.54) is 4.68 Å². The van der Waals surface area contributed by atoms with Gasteiger partial charge in [0.2, 0.25) is 5.91 Å². The largest absolute Gasteiger partial charge is 0.377 e. The molecular weight excluding hydrogens is 380 g/mol. The Labute approximate surface area is 174 Å². The number of para-hydroxylation sites is 1. The lowest BCUT2D eigenvalue weighted by atomic mass is 9.97. The first-order chi connectivity index (χ1) is 14.6. The minimum atomic E-state index is -0.277. The number of nitrogens with zero attached hydrogens (tertiary/aromatic N) is 3. The number of ether oxygens (including phenoxy) is 1. The fourth-order valence-electron chi connectivity index (χ4n) is 4.73. The highest BCUT2D eigenvalue weighted by molar-refractivity contribution is 5.89. The molecule has 156 valence electrons. The summed E-state index contributed by atoms with van der Waals surface area (Å²) in [6, 6.07) is 9.24. The van der Waals surface area contributed by atoms with E-state index in [2.05, 4.69) is 10.4 Å². The number of hydrogen-bond donors (Lipinski definition) is 1. The highest BCUT2D eigenvalue weighted by Gasteiger charge is 2.33. The number of nitrogens with one attached hydrogen (secondary N) is 1. The van der Waals surface area contributed by atoms with E-state index in [0.717, 1.165) is 53.4 Å². The molecule has 0 saturated carbocycles. The summed E-state index contributed by atoms with van der Waals surface area (Å²) in [6.07, 6.45) is 6.33. The van der Waals surface area contributed by atoms with Crippen LogP contribution < -0.4 is 10.9 Å². The van der Waals surface area contributed by atoms with E-state index < -0.39 is 0 Å². The maximum atomic E-state index is 12.8. The average Bonchev–Trinajstić information content (AvgIpc) is 3.32. The normalized spacial score (nSPS) is 21.0. The third kappa shape index (κ3) is 3.43. The van der Waals surface area contributed by atoms with Gasteiger partial charge in [-0.2, -0.15) is 5.10 Å². The van der Waals surface area contributed by atoms with Crippen LogP contribution in [0.5, 0.6) is 0 Å². The molecule has 0 bridgehead atoms. The summed E-state index contributed by atoms with van der Waals surface area (Å²) >= 11 is 0. The second-order valence-corrected chi connectivity index (χ2v) is 8.34. The molecular formula is C23H26N4O3. The number of fused-ring (bicyclic) bond motifs is 2. The maximum Gasteiger partial charge on any atom is 0.267 e. The summed E-state index contributed by atoms with van der Waals surface area (Å²) in [6.45, 7) is 0.766. The second-order valence-electron chi connectivity index (χ2n) is 8.34. The SMILES string of the molecule is Cn1cc(CC(=O)NC2COCC2n2nc3c(cc2=O)CCCC3)c2ccccc21. The fourth-order valence-corrected chi connectivity index (χ4v) is 4.73. The van der Waals surface area contributed by atoms with Crippen LogP contribution in [0.3, 0.4) is 0 Å². The van der Waals surface area contributed by atoms with Gasteiger partial charge in [-0.15, -0.1) is 0 Å². The molecule has 5 rings (SSSR count). The molecule has 1 N–H and O–H groups in total. The number of carbonyl (C=O) groups is 1. The number of benzene rings is 1. The Morgan fingerprint density at radius 1 is 1.23 bits per heavy atom. The van der Waals surface area contributed by atoms with Crippen molar-refractivity contribution in [1.29, 1.82) is 0 Å². The van der Waals surface area contributed by atoms with Crippen molar-refractivity contribution in [2.45, 2.75) is 44.2 Å². The number of carbonyl (C=O) groups excluding carboxylic acids is 1. The Morgan fingerprint density at radius 3 is 2.97 bits per heavy atom. The van der Waals surface area contributed by atoms with Crippen molar-refractivity contribution < 1.29 is 9.53 Å². The molecule has 1 saturated heterocycles. The van der Waals surface area contributed by atoms with E-state index in [1.807, 2.05) is 42.1 Å². The third-order valence-electron chi connectivity index (χ3n) is 6.27. The Balaban J connectivity index is 1.34. The second kappa shape index (κ2) is 7.72. The smallest absolute Gasteiger partial charge is 0.267 e. The van der Waals surface area contributed by atoms with Crippen LogP contribution in [0.1, 0.15) is 35.7 Å². The summed E-state index contributed by atoms with van der Waals surface area (Å²) in [7, 11) is 1.98. The Bertz CT molecular complexity index is 1160. The average molecular weight is 406 g/mol. The summed E-state index contributed by atoms with van der Waals surface area (Å²) in [5, 5.41) is 8.82. The summed E-state index contributed by atoms with van der Waals surface area (Å²) in [4.78, 5) is 25.5. The topological polar surface area (TPSA) is 78.2 Å². The zero-order valence-electron chi connectivity index (χ0n) is 17.1. The van der Waals surface area contributed by atoms with Crippen LogP contribution in [0.4, 0.5) is 0 Å². The maximum absolute atomic E-state index is 12.8. The van der Waals surface area contributed by atoms with Gasteiger partial charge in [0.05, 0.1) is 31.4 Å². The van der Waals surface area contributed by atoms with Crippen molar-refractivity contribution in [3.05, 3.63) is 63.7 Å². The van der Waals surface area contributed by atoms with E-state index in [4.69, 9.17) is 4.74 Å². The molecule has 3 aromatic rings. The van der Waals surface area contributed by atoms with Gasteiger partial charge >= 0.3 is 0 Å². The molecule has 2 aromatic heterocycles. The predicted octanol–water partition coefficient (Wildman–Crippen LogP) is 1.91. The Hall–Kier alpha value is -2.93. The monoisotopic (exact) mass is 406 g/mol. The van der Waals surface area contributed by atoms with Crippen LogP contribution in [0.25, 0.3) is 10.9 Å². The first kappa shape index (κ1) is 19.1. The molecule has 7 heteroatoms. The van der Waals surface area contributed by atoms with Gasteiger partial charge in [-0.25, -0.2) is 4.68 Å². The van der Waals surface area contributed by atoms with Crippen molar-refractivity contribution in [2.24, 2.45) is 7.05 Å². The van der Waals surface area contributed by atoms with Crippen LogP contribution >= 0.6 is 0 Å². The lowest BCUT2D eigenvalue weighted by Crippen LogP contribution is -2.45. The van der Waals surface area contributed by atoms with E-state index >= 15 is 0 Å². The van der Waals surface area contributed by atoms with Crippen molar-refractivity contribution in [3.63, 3.8) is 0 Å². The molecule has 1 aromatic carbocycles. The van der Waals surface area contributed by atoms with Crippen molar-refractivity contribution >= 4 is 16.8 Å². The van der Waals surface area contributed by atoms with Crippen LogP contribution in [-0.2, 0) is 35.8 Å². The molecule has 1 fully saturated rings. The zero-order valence-corrected chi connectivity index (χ0v) is 17.1. The van der Waals surface area contributed by atoms with Crippen LogP contribution in [0, 0.1) is 0 Å². The van der Waals surface area contributed by atoms with E-state index in [0.29, 0.717) is 13.2 Å². The fraction of sp³-hybridized carbons (Fsp3) is 0.435. The molecule has 0 spiro atoms. The molecule has 1 amide bonds. The summed E-state index contributed by atoms with van der Waals surface area (Å²) < 4.78 is 9.20. The Kier molecular flexibility index (Phi) is 4.90. The molecule has 3 heterocycles. The summed E-state index contributed by atoms with van der Waals surface area (Å²) in [5.41, 5.74) is 4.06. The van der Waals surface area contributed by atoms with Gasteiger partial charge in [-0.3, -0.25) is 9.59 Å². The van der Waals surface area contributed by atoms with Crippen LogP contribution in [0.15, 0.2) is 41.3 Å². The standard InChI is InChI=1S/C23H26N4O3/c1-26-12-16(17-7-3-5-9-20(17)26)10-22(28)24-19-13-30-14-21(19)27-23(29)11-15-6-2-4-8-18(15)25-27/h3,5,7,9,11-12,19,21H,2,4,6,8,10,13-14H2,1H3,(H,24,28). The van der Waals surface area contributed by atoms with E-state index in [-0.39, 0.29) is 30.0 Å². The molecule has 30 heavy (non-hydrogen) atoms. The molecule has 7 nitrogen and oxygen atoms in total. The molecule has 2 unspecified atom stereocenters. The Morgan fingerprint density at radius 2 is 2.07 bits per heavy atom.